The van der Waals surface area contributed by atoms with Gasteiger partial charge in [0.25, 0.3) is 0 Å². The van der Waals surface area contributed by atoms with Gasteiger partial charge in [-0.3, -0.25) is 9.48 Å². The number of Topliss-reactive ketones (excluding diaryl/α,β-unsaturated/α-hetero) is 1. The summed E-state index contributed by atoms with van der Waals surface area (Å²) in [7, 11) is 1.88. The highest BCUT2D eigenvalue weighted by molar-refractivity contribution is 9.10. The maximum absolute atomic E-state index is 12.1. The highest BCUT2D eigenvalue weighted by Crippen LogP contribution is 2.20. The molecule has 0 atom stereocenters. The van der Waals surface area contributed by atoms with Gasteiger partial charge in [-0.15, -0.1) is 0 Å². The maximum Gasteiger partial charge on any atom is 0.164 e. The monoisotopic (exact) mass is 306 g/mol. The molecule has 2 aromatic rings. The number of nitrogens with zero attached hydrogens (tertiary/aromatic N) is 2. The first-order valence-electron chi connectivity index (χ1n) is 5.83. The Labute approximate surface area is 115 Å². The topological polar surface area (TPSA) is 34.9 Å². The molecule has 1 heterocycles. The Morgan fingerprint density at radius 3 is 2.83 bits per heavy atom. The summed E-state index contributed by atoms with van der Waals surface area (Å²) >= 11 is 3.44. The zero-order chi connectivity index (χ0) is 13.1. The fraction of sp³-hybridized carbons (Fsp3) is 0.286. The Morgan fingerprint density at radius 2 is 2.22 bits per heavy atom. The van der Waals surface area contributed by atoms with E-state index < -0.39 is 0 Å². The zero-order valence-corrected chi connectivity index (χ0v) is 12.1. The van der Waals surface area contributed by atoms with Crippen molar-refractivity contribution in [2.75, 3.05) is 0 Å². The molecule has 94 valence electrons. The van der Waals surface area contributed by atoms with Crippen molar-refractivity contribution in [3.63, 3.8) is 0 Å². The summed E-state index contributed by atoms with van der Waals surface area (Å²) in [5, 5.41) is 4.09. The van der Waals surface area contributed by atoms with Crippen LogP contribution in [0.4, 0.5) is 0 Å². The van der Waals surface area contributed by atoms with Crippen LogP contribution in [0.1, 0.15) is 27.9 Å². The van der Waals surface area contributed by atoms with E-state index in [1.165, 1.54) is 0 Å². The van der Waals surface area contributed by atoms with Gasteiger partial charge >= 0.3 is 0 Å². The Hall–Kier alpha value is -1.42. The molecule has 1 aromatic heterocycles. The molecule has 18 heavy (non-hydrogen) atoms. The minimum atomic E-state index is 0.158. The predicted molar refractivity (Wildman–Crippen MR) is 74.7 cm³/mol. The molecule has 0 fully saturated rings. The van der Waals surface area contributed by atoms with Crippen molar-refractivity contribution in [2.45, 2.75) is 19.8 Å². The van der Waals surface area contributed by atoms with E-state index in [0.29, 0.717) is 6.42 Å². The molecule has 0 unspecified atom stereocenters. The van der Waals surface area contributed by atoms with Gasteiger partial charge in [0.1, 0.15) is 0 Å². The van der Waals surface area contributed by atoms with Crippen molar-refractivity contribution in [1.82, 2.24) is 9.78 Å². The van der Waals surface area contributed by atoms with Crippen LogP contribution in [0.3, 0.4) is 0 Å². The van der Waals surface area contributed by atoms with Crippen molar-refractivity contribution >= 4 is 21.7 Å². The fourth-order valence-electron chi connectivity index (χ4n) is 1.84. The van der Waals surface area contributed by atoms with Gasteiger partial charge in [-0.1, -0.05) is 28.1 Å². The highest BCUT2D eigenvalue weighted by Gasteiger charge is 2.10. The van der Waals surface area contributed by atoms with Crippen molar-refractivity contribution in [3.8, 4) is 0 Å². The number of hydrogen-bond donors (Lipinski definition) is 0. The Balaban J connectivity index is 2.03. The van der Waals surface area contributed by atoms with Crippen molar-refractivity contribution in [1.29, 1.82) is 0 Å². The zero-order valence-electron chi connectivity index (χ0n) is 10.5. The fourth-order valence-corrected chi connectivity index (χ4v) is 2.55. The molecular formula is C14H15BrN2O. The summed E-state index contributed by atoms with van der Waals surface area (Å²) in [6.45, 7) is 2.01. The van der Waals surface area contributed by atoms with E-state index in [9.17, 15) is 4.79 Å². The van der Waals surface area contributed by atoms with Gasteiger partial charge in [-0.2, -0.15) is 5.10 Å². The van der Waals surface area contributed by atoms with E-state index in [1.54, 1.807) is 10.9 Å². The van der Waals surface area contributed by atoms with Crippen LogP contribution >= 0.6 is 15.9 Å². The number of carbonyl (C=O) groups excluding carboxylic acids is 1. The first kappa shape index (κ1) is 13.0. The third-order valence-electron chi connectivity index (χ3n) is 2.82. The van der Waals surface area contributed by atoms with Gasteiger partial charge in [0.05, 0.1) is 6.20 Å². The predicted octanol–water partition coefficient (Wildman–Crippen LogP) is 3.31. The summed E-state index contributed by atoms with van der Waals surface area (Å²) < 4.78 is 2.63. The van der Waals surface area contributed by atoms with Crippen LogP contribution in [0, 0.1) is 6.92 Å². The number of aromatic nitrogens is 2. The number of hydrogen-bond acceptors (Lipinski definition) is 2. The van der Waals surface area contributed by atoms with Crippen molar-refractivity contribution < 1.29 is 4.79 Å². The summed E-state index contributed by atoms with van der Waals surface area (Å²) in [5.41, 5.74) is 2.99. The van der Waals surface area contributed by atoms with Gasteiger partial charge in [0.2, 0.25) is 0 Å². The SMILES string of the molecule is Cc1ccc(C(=O)CCc2cnn(C)c2)c(Br)c1. The van der Waals surface area contributed by atoms with Gasteiger partial charge < -0.3 is 0 Å². The lowest BCUT2D eigenvalue weighted by Gasteiger charge is -2.04. The molecule has 3 nitrogen and oxygen atoms in total. The van der Waals surface area contributed by atoms with E-state index in [2.05, 4.69) is 21.0 Å². The molecule has 0 N–H and O–H groups in total. The molecule has 2 rings (SSSR count). The molecule has 0 aliphatic heterocycles. The Bertz CT molecular complexity index is 575. The smallest absolute Gasteiger partial charge is 0.164 e. The maximum atomic E-state index is 12.1. The first-order valence-corrected chi connectivity index (χ1v) is 6.62. The molecule has 0 bridgehead atoms. The van der Waals surface area contributed by atoms with Gasteiger partial charge in [-0.25, -0.2) is 0 Å². The van der Waals surface area contributed by atoms with Crippen molar-refractivity contribution in [2.24, 2.45) is 7.05 Å². The second-order valence-corrected chi connectivity index (χ2v) is 5.28. The lowest BCUT2D eigenvalue weighted by Crippen LogP contribution is -2.02. The molecule has 0 radical (unpaired) electrons. The number of carbonyl (C=O) groups is 1. The third kappa shape index (κ3) is 3.07. The largest absolute Gasteiger partial charge is 0.294 e. The molecule has 0 saturated heterocycles. The van der Waals surface area contributed by atoms with Crippen LogP contribution < -0.4 is 0 Å². The van der Waals surface area contributed by atoms with Crippen LogP contribution in [0.2, 0.25) is 0 Å². The average Bonchev–Trinajstić information content (AvgIpc) is 2.72. The Kier molecular flexibility index (Phi) is 3.97. The van der Waals surface area contributed by atoms with E-state index in [0.717, 1.165) is 27.6 Å². The highest BCUT2D eigenvalue weighted by atomic mass is 79.9. The normalized spacial score (nSPS) is 10.6. The molecular weight excluding hydrogens is 292 g/mol. The van der Waals surface area contributed by atoms with E-state index in [4.69, 9.17) is 0 Å². The lowest BCUT2D eigenvalue weighted by molar-refractivity contribution is 0.0982. The summed E-state index contributed by atoms with van der Waals surface area (Å²) in [6, 6.07) is 5.81. The summed E-state index contributed by atoms with van der Waals surface area (Å²) in [4.78, 5) is 12.1. The van der Waals surface area contributed by atoms with E-state index >= 15 is 0 Å². The molecule has 0 aliphatic rings. The van der Waals surface area contributed by atoms with E-state index in [-0.39, 0.29) is 5.78 Å². The van der Waals surface area contributed by atoms with Gasteiger partial charge in [0, 0.05) is 29.7 Å². The number of rotatable bonds is 4. The molecule has 0 amide bonds. The first-order chi connectivity index (χ1) is 8.56. The van der Waals surface area contributed by atoms with Gasteiger partial charge in [-0.05, 0) is 30.5 Å². The molecule has 0 aliphatic carbocycles. The van der Waals surface area contributed by atoms with E-state index in [1.807, 2.05) is 38.4 Å². The number of benzene rings is 1. The number of aryl methyl sites for hydroxylation is 3. The summed E-state index contributed by atoms with van der Waals surface area (Å²) in [5.74, 6) is 0.158. The lowest BCUT2D eigenvalue weighted by atomic mass is 10.0. The average molecular weight is 307 g/mol. The van der Waals surface area contributed by atoms with Crippen LogP contribution in [-0.4, -0.2) is 15.6 Å². The quantitative estimate of drug-likeness (QED) is 0.812. The summed E-state index contributed by atoms with van der Waals surface area (Å²) in [6.07, 6.45) is 4.98. The van der Waals surface area contributed by atoms with Crippen LogP contribution in [0.25, 0.3) is 0 Å². The molecule has 0 spiro atoms. The van der Waals surface area contributed by atoms with Crippen molar-refractivity contribution in [3.05, 3.63) is 51.8 Å². The molecule has 0 saturated carbocycles. The standard InChI is InChI=1S/C14H15BrN2O/c1-10-3-5-12(13(15)7-10)14(18)6-4-11-8-16-17(2)9-11/h3,5,7-9H,4,6H2,1-2H3. The van der Waals surface area contributed by atoms with Crippen LogP contribution in [0.15, 0.2) is 35.1 Å². The minimum absolute atomic E-state index is 0.158. The molecule has 4 heteroatoms. The Morgan fingerprint density at radius 1 is 1.44 bits per heavy atom. The van der Waals surface area contributed by atoms with Gasteiger partial charge in [0.15, 0.2) is 5.78 Å². The van der Waals surface area contributed by atoms with Crippen LogP contribution in [-0.2, 0) is 13.5 Å². The number of ketones is 1. The second kappa shape index (κ2) is 5.48. The second-order valence-electron chi connectivity index (χ2n) is 4.43. The molecule has 1 aromatic carbocycles. The third-order valence-corrected chi connectivity index (χ3v) is 3.48. The van der Waals surface area contributed by atoms with Crippen LogP contribution in [0.5, 0.6) is 0 Å². The minimum Gasteiger partial charge on any atom is -0.294 e. The number of halogens is 1.